The van der Waals surface area contributed by atoms with Crippen LogP contribution in [0, 0.1) is 0 Å². The Morgan fingerprint density at radius 2 is 2.17 bits per heavy atom. The molecule has 5 heteroatoms. The fraction of sp³-hybridized carbons (Fsp3) is 0.385. The van der Waals surface area contributed by atoms with E-state index in [1.165, 1.54) is 11.8 Å². The molecule has 1 rings (SSSR count). The lowest BCUT2D eigenvalue weighted by Crippen LogP contribution is -2.36. The Hall–Kier alpha value is -1.49. The first-order valence-electron chi connectivity index (χ1n) is 5.75. The van der Waals surface area contributed by atoms with Gasteiger partial charge in [0, 0.05) is 11.8 Å². The third-order valence-electron chi connectivity index (χ3n) is 2.26. The van der Waals surface area contributed by atoms with Gasteiger partial charge < -0.3 is 10.1 Å². The Kier molecular flexibility index (Phi) is 6.94. The normalized spacial score (nSPS) is 11.6. The predicted octanol–water partition coefficient (Wildman–Crippen LogP) is 1.88. The summed E-state index contributed by atoms with van der Waals surface area (Å²) in [6, 6.07) is 9.25. The van der Waals surface area contributed by atoms with Gasteiger partial charge in [0.2, 0.25) is 0 Å². The fourth-order valence-corrected chi connectivity index (χ4v) is 1.93. The number of amides is 1. The SMILES string of the molecule is CC(CCSC=O)NC(=O)COc1ccccc1. The number of carbonyl (C=O) groups excluding carboxylic acids is 2. The van der Waals surface area contributed by atoms with Gasteiger partial charge in [-0.3, -0.25) is 9.59 Å². The second kappa shape index (κ2) is 8.58. The maximum absolute atomic E-state index is 11.5. The number of thioether (sulfide) groups is 1. The number of benzene rings is 1. The molecule has 0 radical (unpaired) electrons. The van der Waals surface area contributed by atoms with Crippen molar-refractivity contribution in [3.63, 3.8) is 0 Å². The average Bonchev–Trinajstić information content (AvgIpc) is 2.38. The number of nitrogens with one attached hydrogen (secondary N) is 1. The zero-order valence-electron chi connectivity index (χ0n) is 10.3. The standard InChI is InChI=1S/C13H17NO3S/c1-11(7-8-18-10-15)14-13(16)9-17-12-5-3-2-4-6-12/h2-6,10-11H,7-9H2,1H3,(H,14,16). The van der Waals surface area contributed by atoms with Crippen LogP contribution in [0.2, 0.25) is 0 Å². The first-order chi connectivity index (χ1) is 8.72. The zero-order valence-corrected chi connectivity index (χ0v) is 11.1. The van der Waals surface area contributed by atoms with Gasteiger partial charge >= 0.3 is 0 Å². The molecule has 0 aliphatic carbocycles. The largest absolute Gasteiger partial charge is 0.484 e. The van der Waals surface area contributed by atoms with Gasteiger partial charge in [-0.25, -0.2) is 0 Å². The van der Waals surface area contributed by atoms with Crippen molar-refractivity contribution in [3.05, 3.63) is 30.3 Å². The van der Waals surface area contributed by atoms with E-state index in [1.54, 1.807) is 12.1 Å². The summed E-state index contributed by atoms with van der Waals surface area (Å²) in [6.45, 7) is 1.92. The number of rotatable bonds is 8. The van der Waals surface area contributed by atoms with Gasteiger partial charge in [-0.05, 0) is 25.5 Å². The Morgan fingerprint density at radius 3 is 2.83 bits per heavy atom. The van der Waals surface area contributed by atoms with E-state index in [2.05, 4.69) is 5.32 Å². The molecule has 1 amide bonds. The molecule has 0 aromatic heterocycles. The van der Waals surface area contributed by atoms with Crippen LogP contribution in [-0.2, 0) is 9.59 Å². The van der Waals surface area contributed by atoms with Crippen LogP contribution in [0.4, 0.5) is 0 Å². The predicted molar refractivity (Wildman–Crippen MR) is 73.4 cm³/mol. The van der Waals surface area contributed by atoms with Crippen molar-refractivity contribution in [3.8, 4) is 5.75 Å². The van der Waals surface area contributed by atoms with E-state index in [4.69, 9.17) is 4.74 Å². The van der Waals surface area contributed by atoms with Gasteiger partial charge in [0.15, 0.2) is 12.2 Å². The lowest BCUT2D eigenvalue weighted by atomic mass is 10.2. The molecule has 0 fully saturated rings. The summed E-state index contributed by atoms with van der Waals surface area (Å²) >= 11 is 1.21. The fourth-order valence-electron chi connectivity index (χ4n) is 1.35. The minimum atomic E-state index is -0.151. The quantitative estimate of drug-likeness (QED) is 0.577. The smallest absolute Gasteiger partial charge is 0.258 e. The van der Waals surface area contributed by atoms with Gasteiger partial charge in [0.25, 0.3) is 5.91 Å². The Bertz CT molecular complexity index is 370. The Balaban J connectivity index is 2.19. The maximum Gasteiger partial charge on any atom is 0.258 e. The van der Waals surface area contributed by atoms with E-state index in [0.717, 1.165) is 12.0 Å². The van der Waals surface area contributed by atoms with E-state index < -0.39 is 0 Å². The van der Waals surface area contributed by atoms with E-state index in [-0.39, 0.29) is 18.6 Å². The molecular weight excluding hydrogens is 250 g/mol. The molecule has 1 aromatic rings. The number of para-hydroxylation sites is 1. The van der Waals surface area contributed by atoms with Crippen molar-refractivity contribution in [2.75, 3.05) is 12.4 Å². The average molecular weight is 267 g/mol. The minimum Gasteiger partial charge on any atom is -0.484 e. The zero-order chi connectivity index (χ0) is 13.2. The highest BCUT2D eigenvalue weighted by atomic mass is 32.2. The molecule has 0 spiro atoms. The van der Waals surface area contributed by atoms with Crippen LogP contribution in [0.5, 0.6) is 5.75 Å². The van der Waals surface area contributed by atoms with Crippen molar-refractivity contribution in [2.24, 2.45) is 0 Å². The summed E-state index contributed by atoms with van der Waals surface area (Å²) in [6.07, 6.45) is 0.764. The summed E-state index contributed by atoms with van der Waals surface area (Å²) in [5.41, 5.74) is 0.813. The number of carbonyl (C=O) groups is 2. The van der Waals surface area contributed by atoms with E-state index >= 15 is 0 Å². The van der Waals surface area contributed by atoms with Gasteiger partial charge in [-0.1, -0.05) is 30.0 Å². The molecule has 0 saturated carbocycles. The molecule has 1 atom stereocenters. The van der Waals surface area contributed by atoms with Crippen LogP contribution in [0.3, 0.4) is 0 Å². The highest BCUT2D eigenvalue weighted by Crippen LogP contribution is 2.07. The molecule has 98 valence electrons. The van der Waals surface area contributed by atoms with Crippen molar-refractivity contribution in [1.82, 2.24) is 5.32 Å². The molecule has 0 aliphatic rings. The third-order valence-corrected chi connectivity index (χ3v) is 2.86. The van der Waals surface area contributed by atoms with Gasteiger partial charge in [-0.15, -0.1) is 0 Å². The molecule has 1 N–H and O–H groups in total. The lowest BCUT2D eigenvalue weighted by Gasteiger charge is -2.13. The van der Waals surface area contributed by atoms with E-state index in [9.17, 15) is 9.59 Å². The summed E-state index contributed by atoms with van der Waals surface area (Å²) in [7, 11) is 0. The lowest BCUT2D eigenvalue weighted by molar-refractivity contribution is -0.123. The van der Waals surface area contributed by atoms with Crippen molar-refractivity contribution in [1.29, 1.82) is 0 Å². The number of ether oxygens (including phenoxy) is 1. The van der Waals surface area contributed by atoms with E-state index in [1.807, 2.05) is 25.1 Å². The monoisotopic (exact) mass is 267 g/mol. The highest BCUT2D eigenvalue weighted by Gasteiger charge is 2.07. The van der Waals surface area contributed by atoms with Crippen molar-refractivity contribution in [2.45, 2.75) is 19.4 Å². The molecule has 0 aliphatic heterocycles. The second-order valence-electron chi connectivity index (χ2n) is 3.83. The van der Waals surface area contributed by atoms with Crippen LogP contribution < -0.4 is 10.1 Å². The van der Waals surface area contributed by atoms with Gasteiger partial charge in [-0.2, -0.15) is 0 Å². The highest BCUT2D eigenvalue weighted by molar-refractivity contribution is 8.11. The summed E-state index contributed by atoms with van der Waals surface area (Å²) in [5.74, 6) is 1.24. The Morgan fingerprint density at radius 1 is 1.44 bits per heavy atom. The number of hydrogen-bond donors (Lipinski definition) is 1. The molecule has 1 unspecified atom stereocenters. The molecule has 18 heavy (non-hydrogen) atoms. The molecule has 0 heterocycles. The van der Waals surface area contributed by atoms with Crippen LogP contribution in [-0.4, -0.2) is 29.9 Å². The minimum absolute atomic E-state index is 0.00910. The molecular formula is C13H17NO3S. The summed E-state index contributed by atoms with van der Waals surface area (Å²) in [4.78, 5) is 21.7. The van der Waals surface area contributed by atoms with Crippen LogP contribution in [0.1, 0.15) is 13.3 Å². The summed E-state index contributed by atoms with van der Waals surface area (Å²) < 4.78 is 5.32. The third kappa shape index (κ3) is 6.30. The van der Waals surface area contributed by atoms with Gasteiger partial charge in [0.05, 0.1) is 0 Å². The number of hydrogen-bond acceptors (Lipinski definition) is 4. The molecule has 1 aromatic carbocycles. The first-order valence-corrected chi connectivity index (χ1v) is 6.79. The van der Waals surface area contributed by atoms with Crippen LogP contribution in [0.25, 0.3) is 0 Å². The molecule has 0 saturated heterocycles. The molecule has 4 nitrogen and oxygen atoms in total. The Labute approximate surface area is 111 Å². The van der Waals surface area contributed by atoms with Crippen LogP contribution in [0.15, 0.2) is 30.3 Å². The van der Waals surface area contributed by atoms with Crippen LogP contribution >= 0.6 is 11.8 Å². The first kappa shape index (κ1) is 14.6. The molecule has 0 bridgehead atoms. The van der Waals surface area contributed by atoms with Gasteiger partial charge in [0.1, 0.15) is 5.75 Å². The van der Waals surface area contributed by atoms with Crippen molar-refractivity contribution < 1.29 is 14.3 Å². The summed E-state index contributed by atoms with van der Waals surface area (Å²) in [5, 5.41) is 2.82. The van der Waals surface area contributed by atoms with E-state index in [0.29, 0.717) is 11.5 Å². The second-order valence-corrected chi connectivity index (χ2v) is 4.76. The van der Waals surface area contributed by atoms with Crippen molar-refractivity contribution >= 4 is 23.3 Å². The topological polar surface area (TPSA) is 55.4 Å². The maximum atomic E-state index is 11.5.